The summed E-state index contributed by atoms with van der Waals surface area (Å²) in [6, 6.07) is 3.90. The monoisotopic (exact) mass is 377 g/mol. The van der Waals surface area contributed by atoms with Crippen molar-refractivity contribution in [2.45, 2.75) is 6.29 Å². The molecule has 0 saturated heterocycles. The third kappa shape index (κ3) is 4.24. The van der Waals surface area contributed by atoms with Gasteiger partial charge in [-0.1, -0.05) is 6.08 Å². The molecule has 8 heteroatoms. The second-order valence-corrected chi connectivity index (χ2v) is 5.32. The van der Waals surface area contributed by atoms with Gasteiger partial charge in [-0.15, -0.1) is 0 Å². The number of anilines is 1. The van der Waals surface area contributed by atoms with Crippen LogP contribution in [0.15, 0.2) is 53.9 Å². The molecule has 1 aliphatic heterocycles. The summed E-state index contributed by atoms with van der Waals surface area (Å²) in [5.41, 5.74) is 0.577. The van der Waals surface area contributed by atoms with Crippen LogP contribution >= 0.6 is 0 Å². The molecule has 0 bridgehead atoms. The molecule has 7 nitrogen and oxygen atoms in total. The van der Waals surface area contributed by atoms with Gasteiger partial charge in [0.15, 0.2) is 6.29 Å². The third-order valence-electron chi connectivity index (χ3n) is 3.82. The second-order valence-electron chi connectivity index (χ2n) is 5.32. The fourth-order valence-corrected chi connectivity index (χ4v) is 2.63. The Labute approximate surface area is 156 Å². The topological polar surface area (TPSA) is 74.3 Å². The van der Waals surface area contributed by atoms with Crippen LogP contribution in [-0.2, 0) is 28.5 Å². The summed E-state index contributed by atoms with van der Waals surface area (Å²) in [6.45, 7) is 0. The molecule has 1 aromatic carbocycles. The molecule has 0 atom stereocenters. The molecule has 0 fully saturated rings. The van der Waals surface area contributed by atoms with Crippen LogP contribution in [0.1, 0.15) is 11.9 Å². The zero-order chi connectivity index (χ0) is 20.0. The Morgan fingerprint density at radius 1 is 1.00 bits per heavy atom. The Hall–Kier alpha value is -2.97. The quantitative estimate of drug-likeness (QED) is 0.557. The highest BCUT2D eigenvalue weighted by Gasteiger charge is 2.30. The van der Waals surface area contributed by atoms with E-state index in [4.69, 9.17) is 18.9 Å². The highest BCUT2D eigenvalue weighted by molar-refractivity contribution is 6.05. The van der Waals surface area contributed by atoms with Gasteiger partial charge in [0.2, 0.25) is 0 Å². The fraction of sp³-hybridized carbons (Fsp3) is 0.263. The van der Waals surface area contributed by atoms with Crippen molar-refractivity contribution in [3.05, 3.63) is 65.3 Å². The van der Waals surface area contributed by atoms with E-state index in [2.05, 4.69) is 0 Å². The number of allylic oxidation sites excluding steroid dienone is 2. The molecule has 0 unspecified atom stereocenters. The van der Waals surface area contributed by atoms with Crippen molar-refractivity contribution >= 4 is 17.6 Å². The van der Waals surface area contributed by atoms with Crippen LogP contribution in [0.2, 0.25) is 0 Å². The van der Waals surface area contributed by atoms with Gasteiger partial charge < -0.3 is 23.8 Å². The van der Waals surface area contributed by atoms with E-state index < -0.39 is 24.0 Å². The van der Waals surface area contributed by atoms with Gasteiger partial charge in [-0.05, 0) is 30.4 Å². The molecule has 0 spiro atoms. The first kappa shape index (κ1) is 20.3. The molecule has 27 heavy (non-hydrogen) atoms. The summed E-state index contributed by atoms with van der Waals surface area (Å²) in [6.07, 6.45) is 5.25. The number of benzene rings is 1. The molecule has 0 aromatic heterocycles. The number of carbonyl (C=O) groups excluding carboxylic acids is 2. The van der Waals surface area contributed by atoms with E-state index in [1.165, 1.54) is 63.8 Å². The highest BCUT2D eigenvalue weighted by atomic mass is 19.1. The van der Waals surface area contributed by atoms with E-state index in [0.29, 0.717) is 11.3 Å². The van der Waals surface area contributed by atoms with Crippen molar-refractivity contribution in [3.8, 4) is 0 Å². The predicted molar refractivity (Wildman–Crippen MR) is 95.0 cm³/mol. The predicted octanol–water partition coefficient (Wildman–Crippen LogP) is 2.61. The van der Waals surface area contributed by atoms with E-state index in [9.17, 15) is 14.0 Å². The van der Waals surface area contributed by atoms with Crippen LogP contribution in [0.3, 0.4) is 0 Å². The van der Waals surface area contributed by atoms with Gasteiger partial charge in [0.1, 0.15) is 11.5 Å². The van der Waals surface area contributed by atoms with E-state index in [0.717, 1.165) is 0 Å². The van der Waals surface area contributed by atoms with E-state index >= 15 is 0 Å². The lowest BCUT2D eigenvalue weighted by Crippen LogP contribution is -2.28. The van der Waals surface area contributed by atoms with Gasteiger partial charge in [0.05, 0.1) is 25.5 Å². The molecule has 144 valence electrons. The van der Waals surface area contributed by atoms with Gasteiger partial charge >= 0.3 is 11.9 Å². The van der Waals surface area contributed by atoms with E-state index in [-0.39, 0.29) is 11.3 Å². The average molecular weight is 377 g/mol. The van der Waals surface area contributed by atoms with Crippen molar-refractivity contribution in [1.82, 2.24) is 0 Å². The Balaban J connectivity index is 2.75. The van der Waals surface area contributed by atoms with Crippen molar-refractivity contribution in [2.24, 2.45) is 0 Å². The average Bonchev–Trinajstić information content (AvgIpc) is 2.91. The minimum atomic E-state index is -0.902. The Morgan fingerprint density at radius 2 is 1.67 bits per heavy atom. The molecular weight excluding hydrogens is 357 g/mol. The molecule has 0 radical (unpaired) electrons. The summed E-state index contributed by atoms with van der Waals surface area (Å²) in [5, 5.41) is 0. The standard InChI is InChI=1S/C19H20FNO6/c1-24-17(22)13-7-5-6-10-21(16(13)18(23)25-2)15-9-8-12(20)11-14(15)19(26-3)27-4/h5-11,19H,1-4H3. The Morgan fingerprint density at radius 3 is 2.26 bits per heavy atom. The molecule has 1 aromatic rings. The Bertz CT molecular complexity index is 810. The van der Waals surface area contributed by atoms with Crippen LogP contribution in [0.5, 0.6) is 0 Å². The lowest BCUT2D eigenvalue weighted by molar-refractivity contribution is -0.139. The number of esters is 2. The van der Waals surface area contributed by atoms with E-state index in [1.807, 2.05) is 0 Å². The first-order chi connectivity index (χ1) is 13.0. The number of carbonyl (C=O) groups is 2. The maximum absolute atomic E-state index is 13.9. The number of methoxy groups -OCH3 is 4. The molecule has 0 aliphatic carbocycles. The minimum absolute atomic E-state index is 0.0176. The number of halogens is 1. The van der Waals surface area contributed by atoms with E-state index in [1.54, 1.807) is 12.2 Å². The van der Waals surface area contributed by atoms with Crippen LogP contribution in [0, 0.1) is 5.82 Å². The molecule has 0 N–H and O–H groups in total. The largest absolute Gasteiger partial charge is 0.465 e. The number of hydrogen-bond donors (Lipinski definition) is 0. The number of hydrogen-bond acceptors (Lipinski definition) is 7. The maximum atomic E-state index is 13.9. The molecular formula is C19H20FNO6. The SMILES string of the molecule is COC(=O)C1=C(C(=O)OC)N(c2ccc(F)cc2C(OC)OC)C=CC=C1. The number of ether oxygens (including phenoxy) is 4. The van der Waals surface area contributed by atoms with Crippen molar-refractivity contribution in [2.75, 3.05) is 33.3 Å². The van der Waals surface area contributed by atoms with Gasteiger partial charge in [0.25, 0.3) is 0 Å². The second kappa shape index (κ2) is 9.11. The van der Waals surface area contributed by atoms with Crippen molar-refractivity contribution < 1.29 is 32.9 Å². The summed E-state index contributed by atoms with van der Waals surface area (Å²) in [5.74, 6) is -2.01. The maximum Gasteiger partial charge on any atom is 0.355 e. The first-order valence-electron chi connectivity index (χ1n) is 7.88. The third-order valence-corrected chi connectivity index (χ3v) is 3.82. The van der Waals surface area contributed by atoms with Gasteiger partial charge in [0, 0.05) is 26.0 Å². The number of nitrogens with zero attached hydrogens (tertiary/aromatic N) is 1. The highest BCUT2D eigenvalue weighted by Crippen LogP contribution is 2.34. The van der Waals surface area contributed by atoms with Gasteiger partial charge in [-0.3, -0.25) is 0 Å². The molecule has 1 aliphatic rings. The summed E-state index contributed by atoms with van der Waals surface area (Å²) in [4.78, 5) is 26.1. The van der Waals surface area contributed by atoms with Crippen LogP contribution in [0.4, 0.5) is 10.1 Å². The molecule has 1 heterocycles. The lowest BCUT2D eigenvalue weighted by Gasteiger charge is -2.27. The van der Waals surface area contributed by atoms with Crippen LogP contribution in [0.25, 0.3) is 0 Å². The molecule has 0 saturated carbocycles. The van der Waals surface area contributed by atoms with Crippen LogP contribution < -0.4 is 4.90 Å². The van der Waals surface area contributed by atoms with Gasteiger partial charge in [-0.25, -0.2) is 14.0 Å². The fourth-order valence-electron chi connectivity index (χ4n) is 2.63. The molecule has 0 amide bonds. The van der Waals surface area contributed by atoms with Gasteiger partial charge in [-0.2, -0.15) is 0 Å². The van der Waals surface area contributed by atoms with Crippen molar-refractivity contribution in [3.63, 3.8) is 0 Å². The number of rotatable bonds is 6. The summed E-state index contributed by atoms with van der Waals surface area (Å²) >= 11 is 0. The van der Waals surface area contributed by atoms with Crippen molar-refractivity contribution in [1.29, 1.82) is 0 Å². The minimum Gasteiger partial charge on any atom is -0.465 e. The zero-order valence-corrected chi connectivity index (χ0v) is 15.4. The summed E-state index contributed by atoms with van der Waals surface area (Å²) < 4.78 is 34.0. The smallest absolute Gasteiger partial charge is 0.355 e. The Kier molecular flexibility index (Phi) is 6.86. The van der Waals surface area contributed by atoms with Crippen LogP contribution in [-0.4, -0.2) is 40.4 Å². The zero-order valence-electron chi connectivity index (χ0n) is 15.4. The first-order valence-corrected chi connectivity index (χ1v) is 7.88. The lowest BCUT2D eigenvalue weighted by atomic mass is 10.1. The molecule has 2 rings (SSSR count). The summed E-state index contributed by atoms with van der Waals surface area (Å²) in [7, 11) is 5.20. The normalized spacial score (nSPS) is 13.8.